The smallest absolute Gasteiger partial charge is 0.315 e. The van der Waals surface area contributed by atoms with Crippen molar-refractivity contribution in [2.24, 2.45) is 5.92 Å². The fraction of sp³-hybridized carbons (Fsp3) is 0.500. The molecule has 2 aromatic rings. The maximum atomic E-state index is 12.6. The number of aryl methyl sites for hydroxylation is 1. The van der Waals surface area contributed by atoms with Gasteiger partial charge in [-0.2, -0.15) is 13.8 Å². The molecule has 134 valence electrons. The molecule has 1 aliphatic carbocycles. The van der Waals surface area contributed by atoms with E-state index in [2.05, 4.69) is 14.7 Å². The lowest BCUT2D eigenvalue weighted by molar-refractivity contribution is -0.145. The van der Waals surface area contributed by atoms with Crippen molar-refractivity contribution in [1.82, 2.24) is 10.1 Å². The van der Waals surface area contributed by atoms with Gasteiger partial charge in [-0.05, 0) is 41.9 Å². The third-order valence-electron chi connectivity index (χ3n) is 4.22. The average molecular weight is 350 g/mol. The first kappa shape index (κ1) is 17.5. The minimum absolute atomic E-state index is 0.130. The zero-order valence-electron chi connectivity index (χ0n) is 14.2. The Kier molecular flexibility index (Phi) is 5.11. The van der Waals surface area contributed by atoms with E-state index in [-0.39, 0.29) is 17.7 Å². The predicted molar refractivity (Wildman–Crippen MR) is 86.2 cm³/mol. The zero-order chi connectivity index (χ0) is 18.0. The fourth-order valence-electron chi connectivity index (χ4n) is 3.02. The molecule has 0 spiro atoms. The van der Waals surface area contributed by atoms with Crippen molar-refractivity contribution in [1.29, 1.82) is 0 Å². The van der Waals surface area contributed by atoms with Crippen LogP contribution in [0.25, 0.3) is 11.4 Å². The number of esters is 1. The van der Waals surface area contributed by atoms with Gasteiger partial charge in [0.15, 0.2) is 0 Å². The molecule has 1 atom stereocenters. The van der Waals surface area contributed by atoms with Gasteiger partial charge in [0.05, 0.1) is 13.0 Å². The number of rotatable bonds is 6. The van der Waals surface area contributed by atoms with Crippen LogP contribution in [0.3, 0.4) is 0 Å². The highest BCUT2D eigenvalue weighted by molar-refractivity contribution is 5.71. The Balaban J connectivity index is 1.70. The van der Waals surface area contributed by atoms with Crippen molar-refractivity contribution in [2.75, 3.05) is 6.61 Å². The van der Waals surface area contributed by atoms with Crippen molar-refractivity contribution in [2.45, 2.75) is 45.5 Å². The quantitative estimate of drug-likeness (QED) is 0.727. The van der Waals surface area contributed by atoms with E-state index in [1.165, 1.54) is 0 Å². The number of nitrogens with zero attached hydrogens (tertiary/aromatic N) is 2. The largest absolute Gasteiger partial charge is 0.465 e. The van der Waals surface area contributed by atoms with Gasteiger partial charge in [0.1, 0.15) is 0 Å². The highest BCUT2D eigenvalue weighted by Gasteiger charge is 2.26. The fourth-order valence-corrected chi connectivity index (χ4v) is 3.02. The summed E-state index contributed by atoms with van der Waals surface area (Å²) in [5.74, 6) is -0.268. The third kappa shape index (κ3) is 4.03. The summed E-state index contributed by atoms with van der Waals surface area (Å²) in [4.78, 5) is 15.7. The summed E-state index contributed by atoms with van der Waals surface area (Å²) in [5.41, 5.74) is 2.82. The Bertz CT molecular complexity index is 759. The van der Waals surface area contributed by atoms with Gasteiger partial charge in [-0.1, -0.05) is 31.1 Å². The Morgan fingerprint density at radius 2 is 2.20 bits per heavy atom. The van der Waals surface area contributed by atoms with Gasteiger partial charge < -0.3 is 9.26 Å². The lowest BCUT2D eigenvalue weighted by Gasteiger charge is -2.12. The first-order valence-electron chi connectivity index (χ1n) is 8.34. The molecule has 1 aromatic heterocycles. The Hall–Kier alpha value is -2.31. The Labute approximate surface area is 144 Å². The van der Waals surface area contributed by atoms with Crippen LogP contribution < -0.4 is 0 Å². The summed E-state index contributed by atoms with van der Waals surface area (Å²) in [5, 5.41) is 3.60. The standard InChI is InChI=1S/C18H20F2N2O3/c1-10(2)9-24-15(23)8-12-4-3-11-7-13(5-6-14(11)12)17-21-18(16(19)20)25-22-17/h5-7,10,12,16H,3-4,8-9H2,1-2H3/t12-/m0/s1. The van der Waals surface area contributed by atoms with Gasteiger partial charge in [-0.25, -0.2) is 0 Å². The van der Waals surface area contributed by atoms with E-state index in [0.717, 1.165) is 24.0 Å². The number of carbonyl (C=O) groups is 1. The van der Waals surface area contributed by atoms with Crippen molar-refractivity contribution >= 4 is 5.97 Å². The summed E-state index contributed by atoms with van der Waals surface area (Å²) in [7, 11) is 0. The second kappa shape index (κ2) is 7.29. The molecule has 0 unspecified atom stereocenters. The molecule has 0 fully saturated rings. The molecule has 0 saturated heterocycles. The summed E-state index contributed by atoms with van der Waals surface area (Å²) >= 11 is 0. The van der Waals surface area contributed by atoms with Gasteiger partial charge in [0, 0.05) is 5.56 Å². The number of aromatic nitrogens is 2. The van der Waals surface area contributed by atoms with Gasteiger partial charge in [0.2, 0.25) is 5.82 Å². The summed E-state index contributed by atoms with van der Waals surface area (Å²) < 4.78 is 34.9. The maximum Gasteiger partial charge on any atom is 0.315 e. The number of hydrogen-bond acceptors (Lipinski definition) is 5. The maximum absolute atomic E-state index is 12.6. The molecule has 1 heterocycles. The van der Waals surface area contributed by atoms with E-state index in [0.29, 0.717) is 24.5 Å². The minimum atomic E-state index is -2.78. The van der Waals surface area contributed by atoms with Crippen LogP contribution in [0.5, 0.6) is 0 Å². The monoisotopic (exact) mass is 350 g/mol. The van der Waals surface area contributed by atoms with Crippen molar-refractivity contribution in [3.63, 3.8) is 0 Å². The Morgan fingerprint density at radius 3 is 2.88 bits per heavy atom. The highest BCUT2D eigenvalue weighted by atomic mass is 19.3. The molecule has 0 saturated carbocycles. The van der Waals surface area contributed by atoms with Gasteiger partial charge >= 0.3 is 12.4 Å². The second-order valence-electron chi connectivity index (χ2n) is 6.69. The lowest BCUT2D eigenvalue weighted by atomic mass is 9.97. The van der Waals surface area contributed by atoms with Gasteiger partial charge in [-0.3, -0.25) is 4.79 Å². The topological polar surface area (TPSA) is 65.2 Å². The Morgan fingerprint density at radius 1 is 1.40 bits per heavy atom. The number of halogens is 2. The number of fused-ring (bicyclic) bond motifs is 1. The molecule has 0 N–H and O–H groups in total. The van der Waals surface area contributed by atoms with Crippen molar-refractivity contribution < 1.29 is 22.8 Å². The first-order chi connectivity index (χ1) is 11.9. The molecule has 0 radical (unpaired) electrons. The number of hydrogen-bond donors (Lipinski definition) is 0. The van der Waals surface area contributed by atoms with E-state index in [1.807, 2.05) is 26.0 Å². The molecular weight excluding hydrogens is 330 g/mol. The third-order valence-corrected chi connectivity index (χ3v) is 4.22. The average Bonchev–Trinajstić information content (AvgIpc) is 3.20. The molecule has 7 heteroatoms. The molecule has 0 amide bonds. The number of alkyl halides is 2. The van der Waals surface area contributed by atoms with E-state index >= 15 is 0 Å². The van der Waals surface area contributed by atoms with Crippen LogP contribution in [0.15, 0.2) is 22.7 Å². The molecule has 5 nitrogen and oxygen atoms in total. The molecule has 3 rings (SSSR count). The van der Waals surface area contributed by atoms with Gasteiger partial charge in [0.25, 0.3) is 5.89 Å². The van der Waals surface area contributed by atoms with E-state index in [1.54, 1.807) is 6.07 Å². The molecule has 0 aliphatic heterocycles. The van der Waals surface area contributed by atoms with Crippen LogP contribution in [0.2, 0.25) is 0 Å². The summed E-state index contributed by atoms with van der Waals surface area (Å²) in [6, 6.07) is 5.57. The van der Waals surface area contributed by atoms with Crippen LogP contribution in [0, 0.1) is 5.92 Å². The minimum Gasteiger partial charge on any atom is -0.465 e. The van der Waals surface area contributed by atoms with E-state index in [9.17, 15) is 13.6 Å². The number of benzene rings is 1. The summed E-state index contributed by atoms with van der Waals surface area (Å²) in [6.07, 6.45) is -0.733. The summed E-state index contributed by atoms with van der Waals surface area (Å²) in [6.45, 7) is 4.43. The van der Waals surface area contributed by atoms with Crippen LogP contribution in [-0.4, -0.2) is 22.7 Å². The van der Waals surface area contributed by atoms with Crippen molar-refractivity contribution in [3.8, 4) is 11.4 Å². The van der Waals surface area contributed by atoms with Crippen LogP contribution in [-0.2, 0) is 16.0 Å². The van der Waals surface area contributed by atoms with Crippen LogP contribution in [0.1, 0.15) is 56.1 Å². The number of ether oxygens (including phenoxy) is 1. The van der Waals surface area contributed by atoms with E-state index in [4.69, 9.17) is 4.74 Å². The van der Waals surface area contributed by atoms with Gasteiger partial charge in [-0.15, -0.1) is 0 Å². The molecule has 1 aliphatic rings. The predicted octanol–water partition coefficient (Wildman–Crippen LogP) is 4.29. The zero-order valence-corrected chi connectivity index (χ0v) is 14.2. The molecule has 1 aromatic carbocycles. The molecule has 0 bridgehead atoms. The highest BCUT2D eigenvalue weighted by Crippen LogP contribution is 2.37. The SMILES string of the molecule is CC(C)COC(=O)C[C@@H]1CCc2cc(-c3noc(C(F)F)n3)ccc21. The number of carbonyl (C=O) groups excluding carboxylic acids is 1. The molecule has 25 heavy (non-hydrogen) atoms. The van der Waals surface area contributed by atoms with Crippen molar-refractivity contribution in [3.05, 3.63) is 35.2 Å². The van der Waals surface area contributed by atoms with Crippen LogP contribution >= 0.6 is 0 Å². The van der Waals surface area contributed by atoms with E-state index < -0.39 is 12.3 Å². The second-order valence-corrected chi connectivity index (χ2v) is 6.69. The van der Waals surface area contributed by atoms with Crippen LogP contribution in [0.4, 0.5) is 8.78 Å². The lowest BCUT2D eigenvalue weighted by Crippen LogP contribution is -2.12. The first-order valence-corrected chi connectivity index (χ1v) is 8.34. The normalized spacial score (nSPS) is 16.5. The molecular formula is C18H20F2N2O3.